The molecule has 2 atom stereocenters. The number of carbonyl (C=O) groups excluding carboxylic acids is 1. The van der Waals surface area contributed by atoms with Crippen LogP contribution in [0.3, 0.4) is 0 Å². The summed E-state index contributed by atoms with van der Waals surface area (Å²) in [5, 5.41) is 3.09. The smallest absolute Gasteiger partial charge is 0.237 e. The van der Waals surface area contributed by atoms with Gasteiger partial charge in [0.1, 0.15) is 5.82 Å². The normalized spacial score (nSPS) is 17.6. The second-order valence-electron chi connectivity index (χ2n) is 5.98. The Kier molecular flexibility index (Phi) is 7.83. The molecule has 1 amide bonds. The van der Waals surface area contributed by atoms with E-state index >= 15 is 0 Å². The van der Waals surface area contributed by atoms with Crippen molar-refractivity contribution >= 4 is 18.3 Å². The highest BCUT2D eigenvalue weighted by Gasteiger charge is 2.28. The molecule has 1 aromatic rings. The Morgan fingerprint density at radius 3 is 2.45 bits per heavy atom. The molecule has 1 aromatic carbocycles. The summed E-state index contributed by atoms with van der Waals surface area (Å²) in [6, 6.07) is 5.93. The van der Waals surface area contributed by atoms with Gasteiger partial charge in [-0.25, -0.2) is 4.39 Å². The number of hydrogen-bond donors (Lipinski definition) is 2. The van der Waals surface area contributed by atoms with E-state index in [1.54, 1.807) is 12.1 Å². The third-order valence-corrected chi connectivity index (χ3v) is 4.33. The van der Waals surface area contributed by atoms with E-state index in [0.29, 0.717) is 12.3 Å². The van der Waals surface area contributed by atoms with Gasteiger partial charge in [-0.1, -0.05) is 38.3 Å². The Morgan fingerprint density at radius 1 is 1.32 bits per heavy atom. The zero-order valence-electron chi connectivity index (χ0n) is 13.1. The number of nitrogens with two attached hydrogens (primary N) is 1. The number of amides is 1. The Balaban J connectivity index is 0.00000242. The van der Waals surface area contributed by atoms with Gasteiger partial charge in [-0.15, -0.1) is 12.4 Å². The van der Waals surface area contributed by atoms with E-state index in [1.807, 2.05) is 6.92 Å². The maximum Gasteiger partial charge on any atom is 0.237 e. The molecule has 1 saturated carbocycles. The lowest BCUT2D eigenvalue weighted by Crippen LogP contribution is -2.43. The third kappa shape index (κ3) is 4.96. The highest BCUT2D eigenvalue weighted by Crippen LogP contribution is 2.35. The van der Waals surface area contributed by atoms with Crippen LogP contribution in [0.4, 0.5) is 4.39 Å². The van der Waals surface area contributed by atoms with E-state index in [2.05, 4.69) is 5.32 Å². The minimum absolute atomic E-state index is 0. The van der Waals surface area contributed by atoms with Gasteiger partial charge >= 0.3 is 0 Å². The van der Waals surface area contributed by atoms with Gasteiger partial charge in [-0.05, 0) is 42.9 Å². The third-order valence-electron chi connectivity index (χ3n) is 4.33. The van der Waals surface area contributed by atoms with Gasteiger partial charge in [0.05, 0.1) is 12.1 Å². The van der Waals surface area contributed by atoms with Gasteiger partial charge in [0.15, 0.2) is 0 Å². The first-order valence-corrected chi connectivity index (χ1v) is 7.93. The van der Waals surface area contributed by atoms with Crippen LogP contribution in [0.2, 0.25) is 0 Å². The van der Waals surface area contributed by atoms with Crippen LogP contribution in [0.15, 0.2) is 24.3 Å². The van der Waals surface area contributed by atoms with Crippen molar-refractivity contribution in [3.63, 3.8) is 0 Å². The van der Waals surface area contributed by atoms with Gasteiger partial charge in [-0.2, -0.15) is 0 Å². The van der Waals surface area contributed by atoms with E-state index in [1.165, 1.54) is 25.0 Å². The standard InChI is InChI=1S/C17H25FN2O.ClH/c1-2-5-15(19)17(21)20-16(12-6-3-4-7-12)13-8-10-14(18)11-9-13;/h8-12,15-16H,2-7,19H2,1H3,(H,20,21);1H. The molecule has 2 rings (SSSR count). The first-order chi connectivity index (χ1) is 10.1. The van der Waals surface area contributed by atoms with Crippen molar-refractivity contribution in [2.75, 3.05) is 0 Å². The lowest BCUT2D eigenvalue weighted by atomic mass is 9.91. The molecule has 0 spiro atoms. The summed E-state index contributed by atoms with van der Waals surface area (Å²) in [5.41, 5.74) is 6.88. The first-order valence-electron chi connectivity index (χ1n) is 7.93. The van der Waals surface area contributed by atoms with Crippen LogP contribution in [0, 0.1) is 11.7 Å². The Morgan fingerprint density at radius 2 is 1.91 bits per heavy atom. The molecule has 1 aliphatic carbocycles. The number of carbonyl (C=O) groups is 1. The van der Waals surface area contributed by atoms with E-state index in [-0.39, 0.29) is 30.2 Å². The molecule has 0 aromatic heterocycles. The van der Waals surface area contributed by atoms with E-state index in [0.717, 1.165) is 24.8 Å². The summed E-state index contributed by atoms with van der Waals surface area (Å²) in [4.78, 5) is 12.2. The maximum absolute atomic E-state index is 13.1. The molecule has 0 aliphatic heterocycles. The fourth-order valence-corrected chi connectivity index (χ4v) is 3.14. The quantitative estimate of drug-likeness (QED) is 0.836. The summed E-state index contributed by atoms with van der Waals surface area (Å²) >= 11 is 0. The lowest BCUT2D eigenvalue weighted by Gasteiger charge is -2.26. The van der Waals surface area contributed by atoms with E-state index in [4.69, 9.17) is 5.73 Å². The number of benzene rings is 1. The largest absolute Gasteiger partial charge is 0.348 e. The molecule has 0 radical (unpaired) electrons. The molecule has 3 nitrogen and oxygen atoms in total. The van der Waals surface area contributed by atoms with Crippen LogP contribution < -0.4 is 11.1 Å². The number of hydrogen-bond acceptors (Lipinski definition) is 2. The molecule has 5 heteroatoms. The summed E-state index contributed by atoms with van der Waals surface area (Å²) in [7, 11) is 0. The maximum atomic E-state index is 13.1. The van der Waals surface area contributed by atoms with Crippen LogP contribution >= 0.6 is 12.4 Å². The summed E-state index contributed by atoms with van der Waals surface area (Å²) in [5.74, 6) is 0.0734. The van der Waals surface area contributed by atoms with Crippen LogP contribution in [0.25, 0.3) is 0 Å². The molecule has 0 bridgehead atoms. The van der Waals surface area contributed by atoms with Gasteiger partial charge < -0.3 is 11.1 Å². The molecular formula is C17H26ClFN2O. The van der Waals surface area contributed by atoms with Crippen molar-refractivity contribution in [3.8, 4) is 0 Å². The molecular weight excluding hydrogens is 303 g/mol. The van der Waals surface area contributed by atoms with E-state index in [9.17, 15) is 9.18 Å². The zero-order valence-corrected chi connectivity index (χ0v) is 13.9. The topological polar surface area (TPSA) is 55.1 Å². The SMILES string of the molecule is CCCC(N)C(=O)NC(c1ccc(F)cc1)C1CCCC1.Cl. The average molecular weight is 329 g/mol. The molecule has 1 fully saturated rings. The lowest BCUT2D eigenvalue weighted by molar-refractivity contribution is -0.123. The van der Waals surface area contributed by atoms with Crippen molar-refractivity contribution < 1.29 is 9.18 Å². The summed E-state index contributed by atoms with van der Waals surface area (Å²) < 4.78 is 13.1. The predicted octanol–water partition coefficient (Wildman–Crippen LogP) is 3.72. The number of halogens is 2. The van der Waals surface area contributed by atoms with Gasteiger partial charge in [0, 0.05) is 0 Å². The van der Waals surface area contributed by atoms with Gasteiger partial charge in [0.25, 0.3) is 0 Å². The van der Waals surface area contributed by atoms with Crippen molar-refractivity contribution in [2.45, 2.75) is 57.5 Å². The molecule has 2 unspecified atom stereocenters. The van der Waals surface area contributed by atoms with Crippen LogP contribution in [-0.4, -0.2) is 11.9 Å². The van der Waals surface area contributed by atoms with Crippen LogP contribution in [0.1, 0.15) is 57.1 Å². The minimum Gasteiger partial charge on any atom is -0.348 e. The number of nitrogens with one attached hydrogen (secondary N) is 1. The molecule has 3 N–H and O–H groups in total. The molecule has 0 heterocycles. The Labute approximate surface area is 138 Å². The Hall–Kier alpha value is -1.13. The summed E-state index contributed by atoms with van der Waals surface area (Å²) in [6.07, 6.45) is 6.17. The highest BCUT2D eigenvalue weighted by molar-refractivity contribution is 5.85. The first kappa shape index (κ1) is 18.9. The van der Waals surface area contributed by atoms with E-state index < -0.39 is 6.04 Å². The molecule has 1 aliphatic rings. The fraction of sp³-hybridized carbons (Fsp3) is 0.588. The van der Waals surface area contributed by atoms with Crippen molar-refractivity contribution in [2.24, 2.45) is 11.7 Å². The summed E-state index contributed by atoms with van der Waals surface area (Å²) in [6.45, 7) is 2.02. The average Bonchev–Trinajstić information content (AvgIpc) is 3.00. The molecule has 0 saturated heterocycles. The molecule has 22 heavy (non-hydrogen) atoms. The zero-order chi connectivity index (χ0) is 15.2. The van der Waals surface area contributed by atoms with Crippen LogP contribution in [-0.2, 0) is 4.79 Å². The van der Waals surface area contributed by atoms with Crippen molar-refractivity contribution in [3.05, 3.63) is 35.6 Å². The minimum atomic E-state index is -0.459. The second-order valence-corrected chi connectivity index (χ2v) is 5.98. The molecule has 124 valence electrons. The predicted molar refractivity (Wildman–Crippen MR) is 89.4 cm³/mol. The second kappa shape index (κ2) is 9.11. The highest BCUT2D eigenvalue weighted by atomic mass is 35.5. The number of rotatable bonds is 6. The van der Waals surface area contributed by atoms with Crippen molar-refractivity contribution in [1.29, 1.82) is 0 Å². The Bertz CT molecular complexity index is 460. The van der Waals surface area contributed by atoms with Gasteiger partial charge in [-0.3, -0.25) is 4.79 Å². The fourth-order valence-electron chi connectivity index (χ4n) is 3.14. The van der Waals surface area contributed by atoms with Crippen molar-refractivity contribution in [1.82, 2.24) is 5.32 Å². The van der Waals surface area contributed by atoms with Gasteiger partial charge in [0.2, 0.25) is 5.91 Å². The van der Waals surface area contributed by atoms with Crippen LogP contribution in [0.5, 0.6) is 0 Å². The monoisotopic (exact) mass is 328 g/mol.